The van der Waals surface area contributed by atoms with Crippen LogP contribution in [0, 0.1) is 6.92 Å². The van der Waals surface area contributed by atoms with Crippen molar-refractivity contribution < 1.29 is 19.6 Å². The minimum atomic E-state index is -1.53. The fourth-order valence-corrected chi connectivity index (χ4v) is 3.21. The van der Waals surface area contributed by atoms with E-state index in [0.717, 1.165) is 16.7 Å². The second kappa shape index (κ2) is 11.5. The molecule has 0 bridgehead atoms. The van der Waals surface area contributed by atoms with Crippen molar-refractivity contribution in [3.05, 3.63) is 59.7 Å². The molecule has 0 spiro atoms. The molecule has 0 saturated carbocycles. The van der Waals surface area contributed by atoms with Gasteiger partial charge in [0.2, 0.25) is 5.91 Å². The number of carbonyl (C=O) groups excluding carboxylic acids is 2. The zero-order valence-electron chi connectivity index (χ0n) is 17.5. The van der Waals surface area contributed by atoms with E-state index < -0.39 is 13.1 Å². The second-order valence-electron chi connectivity index (χ2n) is 7.44. The number of nitrogens with one attached hydrogen (secondary N) is 1. The molecule has 0 heterocycles. The van der Waals surface area contributed by atoms with E-state index in [1.807, 2.05) is 49.4 Å². The number of nitrogens with zero attached hydrogens (tertiary/aromatic N) is 1. The predicted octanol–water partition coefficient (Wildman–Crippen LogP) is 1.36. The molecule has 2 aromatic carbocycles. The minimum absolute atomic E-state index is 0.0458. The monoisotopic (exact) mass is 411 g/mol. The van der Waals surface area contributed by atoms with E-state index in [1.54, 1.807) is 13.1 Å². The van der Waals surface area contributed by atoms with Gasteiger partial charge in [0, 0.05) is 25.1 Å². The number of amides is 2. The van der Waals surface area contributed by atoms with Crippen molar-refractivity contribution in [1.82, 2.24) is 10.2 Å². The van der Waals surface area contributed by atoms with Crippen LogP contribution in [0.1, 0.15) is 35.2 Å². The van der Waals surface area contributed by atoms with Crippen molar-refractivity contribution in [3.8, 4) is 11.1 Å². The largest absolute Gasteiger partial charge is 0.469 e. The van der Waals surface area contributed by atoms with Gasteiger partial charge in [-0.2, -0.15) is 0 Å². The van der Waals surface area contributed by atoms with Gasteiger partial charge in [-0.15, -0.1) is 0 Å². The van der Waals surface area contributed by atoms with Crippen molar-refractivity contribution in [1.29, 1.82) is 0 Å². The third-order valence-corrected chi connectivity index (χ3v) is 4.99. The fourth-order valence-electron chi connectivity index (χ4n) is 3.21. The van der Waals surface area contributed by atoms with Crippen LogP contribution in [0.15, 0.2) is 48.5 Å². The molecule has 0 saturated heterocycles. The second-order valence-corrected chi connectivity index (χ2v) is 7.44. The maximum absolute atomic E-state index is 13.0. The van der Waals surface area contributed by atoms with Gasteiger partial charge in [-0.3, -0.25) is 9.59 Å². The summed E-state index contributed by atoms with van der Waals surface area (Å²) in [5.74, 6) is -1.14. The van der Waals surface area contributed by atoms with Crippen LogP contribution in [0.4, 0.5) is 0 Å². The molecule has 0 aliphatic heterocycles. The Labute approximate surface area is 178 Å². The first-order valence-electron chi connectivity index (χ1n) is 10.1. The highest BCUT2D eigenvalue weighted by molar-refractivity contribution is 6.43. The number of hydrogen-bond acceptors (Lipinski definition) is 5. The van der Waals surface area contributed by atoms with E-state index >= 15 is 0 Å². The van der Waals surface area contributed by atoms with Gasteiger partial charge in [-0.1, -0.05) is 48.9 Å². The Morgan fingerprint density at radius 3 is 2.37 bits per heavy atom. The zero-order valence-corrected chi connectivity index (χ0v) is 17.5. The Morgan fingerprint density at radius 1 is 1.07 bits per heavy atom. The number of unbranched alkanes of at least 4 members (excludes halogenated alkanes) is 1. The fraction of sp³-hybridized carbons (Fsp3) is 0.364. The number of nitrogens with two attached hydrogens (primary N) is 1. The van der Waals surface area contributed by atoms with Crippen LogP contribution in [0.2, 0.25) is 0 Å². The molecule has 1 unspecified atom stereocenters. The quantitative estimate of drug-likeness (QED) is 0.348. The first-order chi connectivity index (χ1) is 14.3. The Balaban J connectivity index is 1.91. The molecule has 2 aromatic rings. The molecule has 0 aromatic heterocycles. The number of likely N-dealkylation sites (N-methyl/N-ethyl adjacent to an activating group) is 1. The van der Waals surface area contributed by atoms with Gasteiger partial charge >= 0.3 is 7.12 Å². The Bertz CT molecular complexity index is 860. The summed E-state index contributed by atoms with van der Waals surface area (Å²) >= 11 is 0. The molecule has 0 fully saturated rings. The van der Waals surface area contributed by atoms with Crippen molar-refractivity contribution in [2.75, 3.05) is 20.1 Å². The summed E-state index contributed by atoms with van der Waals surface area (Å²) in [4.78, 5) is 26.6. The maximum atomic E-state index is 13.0. The third-order valence-electron chi connectivity index (χ3n) is 4.99. The smallest absolute Gasteiger partial charge is 0.426 e. The van der Waals surface area contributed by atoms with Crippen molar-refractivity contribution >= 4 is 18.9 Å². The van der Waals surface area contributed by atoms with Crippen LogP contribution in [-0.2, 0) is 4.79 Å². The first kappa shape index (κ1) is 23.6. The lowest BCUT2D eigenvalue weighted by Crippen LogP contribution is -2.39. The summed E-state index contributed by atoms with van der Waals surface area (Å²) < 4.78 is 0. The molecule has 160 valence electrons. The highest BCUT2D eigenvalue weighted by Gasteiger charge is 2.20. The van der Waals surface area contributed by atoms with Crippen molar-refractivity contribution in [3.63, 3.8) is 0 Å². The molecule has 5 N–H and O–H groups in total. The zero-order chi connectivity index (χ0) is 22.1. The topological polar surface area (TPSA) is 116 Å². The summed E-state index contributed by atoms with van der Waals surface area (Å²) in [5.41, 5.74) is 9.01. The van der Waals surface area contributed by atoms with E-state index in [-0.39, 0.29) is 18.4 Å². The Morgan fingerprint density at radius 2 is 1.70 bits per heavy atom. The van der Waals surface area contributed by atoms with Crippen LogP contribution in [0.5, 0.6) is 0 Å². The normalized spacial score (nSPS) is 11.6. The SMILES string of the molecule is Cc1ccccc1-c1ccccc1C(=O)N(C)CC(=O)NCCCCC(N)B(O)O. The molecular formula is C22H30BN3O4. The van der Waals surface area contributed by atoms with E-state index in [9.17, 15) is 9.59 Å². The number of hydrogen-bond donors (Lipinski definition) is 4. The minimum Gasteiger partial charge on any atom is -0.426 e. The van der Waals surface area contributed by atoms with Crippen LogP contribution < -0.4 is 11.1 Å². The molecule has 0 radical (unpaired) electrons. The van der Waals surface area contributed by atoms with Crippen LogP contribution in [0.25, 0.3) is 11.1 Å². The molecule has 0 aliphatic rings. The lowest BCUT2D eigenvalue weighted by Gasteiger charge is -2.19. The van der Waals surface area contributed by atoms with Gasteiger partial charge < -0.3 is 26.0 Å². The molecule has 0 aliphatic carbocycles. The summed E-state index contributed by atoms with van der Waals surface area (Å²) in [6.45, 7) is 2.40. The lowest BCUT2D eigenvalue weighted by molar-refractivity contribution is -0.121. The average molecular weight is 411 g/mol. The molecule has 7 nitrogen and oxygen atoms in total. The van der Waals surface area contributed by atoms with Gasteiger partial charge in [0.25, 0.3) is 5.91 Å². The number of rotatable bonds is 10. The van der Waals surface area contributed by atoms with Crippen molar-refractivity contribution in [2.45, 2.75) is 32.1 Å². The summed E-state index contributed by atoms with van der Waals surface area (Å²) in [5, 5.41) is 20.7. The van der Waals surface area contributed by atoms with Gasteiger partial charge in [-0.05, 0) is 42.5 Å². The van der Waals surface area contributed by atoms with Crippen LogP contribution in [0.3, 0.4) is 0 Å². The molecule has 2 amide bonds. The average Bonchev–Trinajstić information content (AvgIpc) is 2.73. The van der Waals surface area contributed by atoms with E-state index in [1.165, 1.54) is 4.90 Å². The number of aryl methyl sites for hydroxylation is 1. The summed E-state index contributed by atoms with van der Waals surface area (Å²) in [6.07, 6.45) is 1.79. The predicted molar refractivity (Wildman–Crippen MR) is 119 cm³/mol. The molecular weight excluding hydrogens is 381 g/mol. The highest BCUT2D eigenvalue weighted by Crippen LogP contribution is 2.27. The summed E-state index contributed by atoms with van der Waals surface area (Å²) in [6, 6.07) is 15.3. The van der Waals surface area contributed by atoms with Gasteiger partial charge in [-0.25, -0.2) is 0 Å². The van der Waals surface area contributed by atoms with Crippen LogP contribution in [-0.4, -0.2) is 60.0 Å². The first-order valence-corrected chi connectivity index (χ1v) is 10.1. The van der Waals surface area contributed by atoms with Crippen LogP contribution >= 0.6 is 0 Å². The van der Waals surface area contributed by atoms with Gasteiger partial charge in [0.15, 0.2) is 0 Å². The van der Waals surface area contributed by atoms with E-state index in [4.69, 9.17) is 15.8 Å². The van der Waals surface area contributed by atoms with E-state index in [2.05, 4.69) is 5.32 Å². The number of carbonyl (C=O) groups is 2. The Kier molecular flexibility index (Phi) is 9.04. The van der Waals surface area contributed by atoms with Crippen molar-refractivity contribution in [2.24, 2.45) is 5.73 Å². The number of benzene rings is 2. The van der Waals surface area contributed by atoms with E-state index in [0.29, 0.717) is 31.4 Å². The lowest BCUT2D eigenvalue weighted by atomic mass is 9.77. The Hall–Kier alpha value is -2.68. The highest BCUT2D eigenvalue weighted by atomic mass is 16.4. The molecule has 1 atom stereocenters. The molecule has 2 rings (SSSR count). The van der Waals surface area contributed by atoms with Gasteiger partial charge in [0.1, 0.15) is 0 Å². The maximum Gasteiger partial charge on any atom is 0.469 e. The third kappa shape index (κ3) is 6.69. The van der Waals surface area contributed by atoms with Gasteiger partial charge in [0.05, 0.1) is 6.54 Å². The summed E-state index contributed by atoms with van der Waals surface area (Å²) in [7, 11) is 0.0832. The molecule has 8 heteroatoms. The molecule has 30 heavy (non-hydrogen) atoms. The standard InChI is InChI=1S/C22H30BN3O4/c1-16-9-3-4-10-17(16)18-11-5-6-12-19(18)22(28)26(2)15-21(27)25-14-8-7-13-20(24)23(29)30/h3-6,9-12,20,29-30H,7-8,13-15,24H2,1-2H3,(H,25,27).